The second-order valence-electron chi connectivity index (χ2n) is 11.1. The number of alkyl carbamates (subject to hydrolysis) is 1. The number of carbonyl (C=O) groups is 2. The van der Waals surface area contributed by atoms with Crippen LogP contribution in [0.1, 0.15) is 124 Å². The number of unbranched alkanes of at least 4 members (excludes halogenated alkanes) is 13. The monoisotopic (exact) mass is 557 g/mol. The van der Waals surface area contributed by atoms with Crippen LogP contribution in [0.2, 0.25) is 0 Å². The van der Waals surface area contributed by atoms with Gasteiger partial charge < -0.3 is 29.4 Å². The topological polar surface area (TPSA) is 103 Å². The number of hydrogen-bond acceptors (Lipinski definition) is 6. The maximum atomic E-state index is 11.5. The highest BCUT2D eigenvalue weighted by atomic mass is 16.6. The minimum absolute atomic E-state index is 0.311. The standard InChI is InChI=1S/C31H59NO7/c1-31(2,3)39-30(35)32-22-24-37-26-28-38-27-25-36-23-20-18-16-14-12-10-8-6-4-5-7-9-11-13-15-17-19-21-29(33)34/h5,7H,4,6,8-28H2,1-3H3,(H,32,35)(H,33,34)/b7-5-. The van der Waals surface area contributed by atoms with E-state index in [-0.39, 0.29) is 0 Å². The van der Waals surface area contributed by atoms with Crippen molar-refractivity contribution in [1.82, 2.24) is 5.32 Å². The molecule has 0 aromatic rings. The summed E-state index contributed by atoms with van der Waals surface area (Å²) in [5.41, 5.74) is -0.490. The second-order valence-corrected chi connectivity index (χ2v) is 11.1. The Morgan fingerprint density at radius 3 is 1.56 bits per heavy atom. The third-order valence-corrected chi connectivity index (χ3v) is 6.00. The molecule has 1 amide bonds. The Hall–Kier alpha value is -1.64. The van der Waals surface area contributed by atoms with Crippen molar-refractivity contribution in [1.29, 1.82) is 0 Å². The highest BCUT2D eigenvalue weighted by molar-refractivity contribution is 5.67. The van der Waals surface area contributed by atoms with Crippen molar-refractivity contribution in [3.63, 3.8) is 0 Å². The molecule has 0 fully saturated rings. The zero-order chi connectivity index (χ0) is 28.9. The van der Waals surface area contributed by atoms with Crippen LogP contribution in [0.5, 0.6) is 0 Å². The van der Waals surface area contributed by atoms with E-state index in [1.54, 1.807) is 0 Å². The smallest absolute Gasteiger partial charge is 0.407 e. The summed E-state index contributed by atoms with van der Waals surface area (Å²) in [6, 6.07) is 0. The Kier molecular flexibility index (Phi) is 26.7. The molecular weight excluding hydrogens is 498 g/mol. The van der Waals surface area contributed by atoms with Crippen LogP contribution >= 0.6 is 0 Å². The zero-order valence-electron chi connectivity index (χ0n) is 25.3. The molecular formula is C31H59NO7. The molecule has 0 heterocycles. The number of rotatable bonds is 28. The number of carbonyl (C=O) groups excluding carboxylic acids is 1. The van der Waals surface area contributed by atoms with Crippen LogP contribution in [0.3, 0.4) is 0 Å². The van der Waals surface area contributed by atoms with Crippen molar-refractivity contribution in [2.45, 2.75) is 129 Å². The highest BCUT2D eigenvalue weighted by Crippen LogP contribution is 2.11. The molecule has 0 spiro atoms. The summed E-state index contributed by atoms with van der Waals surface area (Å²) in [7, 11) is 0. The molecule has 8 heteroatoms. The van der Waals surface area contributed by atoms with Gasteiger partial charge in [-0.15, -0.1) is 0 Å². The Morgan fingerprint density at radius 1 is 0.615 bits per heavy atom. The second kappa shape index (κ2) is 27.9. The molecule has 0 aliphatic heterocycles. The van der Waals surface area contributed by atoms with Gasteiger partial charge in [0.1, 0.15) is 5.60 Å². The summed E-state index contributed by atoms with van der Waals surface area (Å²) in [5, 5.41) is 11.3. The lowest BCUT2D eigenvalue weighted by Crippen LogP contribution is -2.34. The first kappa shape index (κ1) is 37.4. The van der Waals surface area contributed by atoms with Crippen molar-refractivity contribution in [3.05, 3.63) is 12.2 Å². The molecule has 0 rings (SSSR count). The quantitative estimate of drug-likeness (QED) is 0.0761. The number of ether oxygens (including phenoxy) is 4. The van der Waals surface area contributed by atoms with E-state index >= 15 is 0 Å². The normalized spacial score (nSPS) is 11.8. The van der Waals surface area contributed by atoms with Crippen LogP contribution in [-0.4, -0.2) is 69.0 Å². The highest BCUT2D eigenvalue weighted by Gasteiger charge is 2.15. The maximum absolute atomic E-state index is 11.5. The van der Waals surface area contributed by atoms with Crippen molar-refractivity contribution in [2.24, 2.45) is 0 Å². The summed E-state index contributed by atoms with van der Waals surface area (Å²) >= 11 is 0. The molecule has 0 aromatic heterocycles. The zero-order valence-corrected chi connectivity index (χ0v) is 25.3. The van der Waals surface area contributed by atoms with Crippen LogP contribution < -0.4 is 5.32 Å². The minimum Gasteiger partial charge on any atom is -0.481 e. The third kappa shape index (κ3) is 34.3. The lowest BCUT2D eigenvalue weighted by Gasteiger charge is -2.19. The largest absolute Gasteiger partial charge is 0.481 e. The van der Waals surface area contributed by atoms with Gasteiger partial charge in [-0.25, -0.2) is 4.79 Å². The summed E-state index contributed by atoms with van der Waals surface area (Å²) < 4.78 is 21.7. The molecule has 0 aliphatic carbocycles. The predicted octanol–water partition coefficient (Wildman–Crippen LogP) is 7.44. The number of aliphatic carboxylic acids is 1. The first-order valence-corrected chi connectivity index (χ1v) is 15.4. The molecule has 0 bridgehead atoms. The summed E-state index contributed by atoms with van der Waals surface area (Å²) in [5.74, 6) is -0.678. The van der Waals surface area contributed by atoms with Gasteiger partial charge in [0.2, 0.25) is 0 Å². The number of carboxylic acids is 1. The van der Waals surface area contributed by atoms with E-state index in [1.807, 2.05) is 20.8 Å². The summed E-state index contributed by atoms with van der Waals surface area (Å²) in [6.45, 7) is 9.34. The van der Waals surface area contributed by atoms with E-state index in [1.165, 1.54) is 64.2 Å². The average Bonchev–Trinajstić information content (AvgIpc) is 2.86. The number of amides is 1. The van der Waals surface area contributed by atoms with Crippen LogP contribution in [0.25, 0.3) is 0 Å². The molecule has 230 valence electrons. The number of allylic oxidation sites excluding steroid dienone is 2. The molecule has 0 aliphatic rings. The van der Waals surface area contributed by atoms with Gasteiger partial charge in [0.25, 0.3) is 0 Å². The Labute approximate surface area is 238 Å². The molecule has 0 saturated heterocycles. The number of carboxylic acid groups (broad SMARTS) is 1. The maximum Gasteiger partial charge on any atom is 0.407 e. The van der Waals surface area contributed by atoms with Gasteiger partial charge in [0, 0.05) is 19.6 Å². The fourth-order valence-corrected chi connectivity index (χ4v) is 3.91. The van der Waals surface area contributed by atoms with E-state index in [0.29, 0.717) is 46.0 Å². The summed E-state index contributed by atoms with van der Waals surface area (Å²) in [4.78, 5) is 21.9. The van der Waals surface area contributed by atoms with E-state index in [9.17, 15) is 9.59 Å². The fraction of sp³-hybridized carbons (Fsp3) is 0.871. The van der Waals surface area contributed by atoms with E-state index in [0.717, 1.165) is 38.7 Å². The van der Waals surface area contributed by atoms with Crippen LogP contribution in [0, 0.1) is 0 Å². The van der Waals surface area contributed by atoms with E-state index in [4.69, 9.17) is 24.1 Å². The lowest BCUT2D eigenvalue weighted by atomic mass is 10.1. The van der Waals surface area contributed by atoms with Gasteiger partial charge in [0.05, 0.1) is 33.0 Å². The Morgan fingerprint density at radius 2 is 1.05 bits per heavy atom. The molecule has 0 radical (unpaired) electrons. The lowest BCUT2D eigenvalue weighted by molar-refractivity contribution is -0.137. The van der Waals surface area contributed by atoms with Crippen molar-refractivity contribution in [2.75, 3.05) is 46.2 Å². The van der Waals surface area contributed by atoms with Crippen molar-refractivity contribution in [3.8, 4) is 0 Å². The molecule has 0 saturated carbocycles. The molecule has 8 nitrogen and oxygen atoms in total. The predicted molar refractivity (Wildman–Crippen MR) is 157 cm³/mol. The Balaban J connectivity index is 3.15. The van der Waals surface area contributed by atoms with E-state index < -0.39 is 17.7 Å². The first-order chi connectivity index (χ1) is 18.8. The number of hydrogen-bond donors (Lipinski definition) is 2. The van der Waals surface area contributed by atoms with Crippen LogP contribution in [-0.2, 0) is 23.7 Å². The molecule has 39 heavy (non-hydrogen) atoms. The van der Waals surface area contributed by atoms with Crippen molar-refractivity contribution >= 4 is 12.1 Å². The fourth-order valence-electron chi connectivity index (χ4n) is 3.91. The van der Waals surface area contributed by atoms with Crippen LogP contribution in [0.15, 0.2) is 12.2 Å². The van der Waals surface area contributed by atoms with Gasteiger partial charge in [-0.2, -0.15) is 0 Å². The van der Waals surface area contributed by atoms with E-state index in [2.05, 4.69) is 17.5 Å². The van der Waals surface area contributed by atoms with Gasteiger partial charge in [-0.3, -0.25) is 4.79 Å². The molecule has 0 aromatic carbocycles. The molecule has 2 N–H and O–H groups in total. The molecule has 0 unspecified atom stereocenters. The first-order valence-electron chi connectivity index (χ1n) is 15.4. The van der Waals surface area contributed by atoms with Gasteiger partial charge in [-0.1, -0.05) is 69.9 Å². The average molecular weight is 558 g/mol. The minimum atomic E-state index is -0.678. The SMILES string of the molecule is CC(C)(C)OC(=O)NCCOCCOCCOCCCCCCCCCC/C=C\CCCCCCCC(=O)O. The Bertz CT molecular complexity index is 590. The van der Waals surface area contributed by atoms with Gasteiger partial charge >= 0.3 is 12.1 Å². The van der Waals surface area contributed by atoms with Gasteiger partial charge in [-0.05, 0) is 59.3 Å². The number of nitrogens with one attached hydrogen (secondary N) is 1. The third-order valence-electron chi connectivity index (χ3n) is 6.00. The molecule has 0 atom stereocenters. The van der Waals surface area contributed by atoms with Crippen LogP contribution in [0.4, 0.5) is 4.79 Å². The summed E-state index contributed by atoms with van der Waals surface area (Å²) in [6.07, 6.45) is 22.5. The van der Waals surface area contributed by atoms with Gasteiger partial charge in [0.15, 0.2) is 0 Å². The van der Waals surface area contributed by atoms with Crippen molar-refractivity contribution < 1.29 is 33.6 Å².